The van der Waals surface area contributed by atoms with Crippen molar-refractivity contribution in [3.8, 4) is 0 Å². The molecule has 2 rings (SSSR count). The number of rotatable bonds is 4. The van der Waals surface area contributed by atoms with Crippen LogP contribution in [0.25, 0.3) is 0 Å². The molecule has 110 valence electrons. The Bertz CT molecular complexity index is 788. The molecule has 0 bridgehead atoms. The molecule has 0 saturated heterocycles. The fourth-order valence-electron chi connectivity index (χ4n) is 1.56. The van der Waals surface area contributed by atoms with Crippen molar-refractivity contribution in [2.75, 3.05) is 4.72 Å². The van der Waals surface area contributed by atoms with Crippen LogP contribution in [0.2, 0.25) is 10.0 Å². The van der Waals surface area contributed by atoms with E-state index in [2.05, 4.69) is 4.72 Å². The maximum absolute atomic E-state index is 12.2. The summed E-state index contributed by atoms with van der Waals surface area (Å²) in [6.45, 7) is 0. The molecule has 0 spiro atoms. The summed E-state index contributed by atoms with van der Waals surface area (Å²) in [7, 11) is -3.88. The first-order valence-electron chi connectivity index (χ1n) is 5.61. The molecule has 0 aliphatic carbocycles. The zero-order valence-electron chi connectivity index (χ0n) is 10.4. The molecule has 2 aromatic carbocycles. The van der Waals surface area contributed by atoms with Crippen molar-refractivity contribution in [3.05, 3.63) is 58.1 Å². The number of hydrogen-bond acceptors (Lipinski definition) is 3. The smallest absolute Gasteiger partial charge is 0.335 e. The van der Waals surface area contributed by atoms with Gasteiger partial charge in [-0.25, -0.2) is 13.2 Å². The number of hydrogen-bond donors (Lipinski definition) is 2. The molecule has 0 saturated carbocycles. The predicted octanol–water partition coefficient (Wildman–Crippen LogP) is 3.49. The van der Waals surface area contributed by atoms with Crippen LogP contribution in [-0.2, 0) is 10.0 Å². The molecule has 0 aliphatic heterocycles. The monoisotopic (exact) mass is 345 g/mol. The van der Waals surface area contributed by atoms with Crippen molar-refractivity contribution in [2.45, 2.75) is 4.90 Å². The second-order valence-electron chi connectivity index (χ2n) is 4.06. The number of benzene rings is 2. The van der Waals surface area contributed by atoms with Crippen molar-refractivity contribution in [3.63, 3.8) is 0 Å². The fraction of sp³-hybridized carbons (Fsp3) is 0. The summed E-state index contributed by atoms with van der Waals surface area (Å²) in [5.41, 5.74) is 0.140. The van der Waals surface area contributed by atoms with E-state index in [1.165, 1.54) is 42.5 Å². The van der Waals surface area contributed by atoms with Crippen LogP contribution in [0.5, 0.6) is 0 Å². The molecule has 0 aromatic heterocycles. The molecule has 0 unspecified atom stereocenters. The van der Waals surface area contributed by atoms with E-state index in [0.717, 1.165) is 0 Å². The molecule has 0 heterocycles. The van der Waals surface area contributed by atoms with Crippen molar-refractivity contribution >= 4 is 44.9 Å². The topological polar surface area (TPSA) is 83.5 Å². The maximum atomic E-state index is 12.2. The minimum Gasteiger partial charge on any atom is -0.478 e. The van der Waals surface area contributed by atoms with Crippen LogP contribution in [0.3, 0.4) is 0 Å². The van der Waals surface area contributed by atoms with Gasteiger partial charge in [-0.2, -0.15) is 0 Å². The SMILES string of the molecule is O=C(O)c1ccc(S(=O)(=O)Nc2cc(Cl)ccc2Cl)cc1. The van der Waals surface area contributed by atoms with Gasteiger partial charge in [0.15, 0.2) is 0 Å². The summed E-state index contributed by atoms with van der Waals surface area (Å²) in [5, 5.41) is 9.31. The number of sulfonamides is 1. The standard InChI is InChI=1S/C13H9Cl2NO4S/c14-9-3-6-11(15)12(7-9)16-21(19,20)10-4-1-8(2-5-10)13(17)18/h1-7,16H,(H,17,18). The molecule has 0 atom stereocenters. The van der Waals surface area contributed by atoms with Gasteiger partial charge in [-0.3, -0.25) is 4.72 Å². The number of halogens is 2. The fourth-order valence-corrected chi connectivity index (χ4v) is 3.02. The molecule has 8 heteroatoms. The molecule has 0 radical (unpaired) electrons. The Hall–Kier alpha value is -1.76. The first kappa shape index (κ1) is 15.6. The first-order valence-corrected chi connectivity index (χ1v) is 7.85. The Morgan fingerprint density at radius 2 is 1.67 bits per heavy atom. The van der Waals surface area contributed by atoms with Crippen molar-refractivity contribution in [1.29, 1.82) is 0 Å². The van der Waals surface area contributed by atoms with E-state index in [-0.39, 0.29) is 21.2 Å². The minimum atomic E-state index is -3.88. The van der Waals surface area contributed by atoms with Crippen LogP contribution in [-0.4, -0.2) is 19.5 Å². The highest BCUT2D eigenvalue weighted by molar-refractivity contribution is 7.92. The Balaban J connectivity index is 2.34. The molecule has 0 amide bonds. The van der Waals surface area contributed by atoms with Gasteiger partial charge in [0.25, 0.3) is 10.0 Å². The third kappa shape index (κ3) is 3.66. The van der Waals surface area contributed by atoms with Gasteiger partial charge in [0.05, 0.1) is 21.2 Å². The summed E-state index contributed by atoms with van der Waals surface area (Å²) in [6, 6.07) is 9.19. The van der Waals surface area contributed by atoms with Crippen LogP contribution in [0.1, 0.15) is 10.4 Å². The first-order chi connectivity index (χ1) is 9.79. The second kappa shape index (κ2) is 5.93. The van der Waals surface area contributed by atoms with E-state index in [0.29, 0.717) is 5.02 Å². The third-order valence-electron chi connectivity index (χ3n) is 2.58. The highest BCUT2D eigenvalue weighted by Gasteiger charge is 2.16. The number of carboxylic acids is 1. The van der Waals surface area contributed by atoms with E-state index in [1.807, 2.05) is 0 Å². The second-order valence-corrected chi connectivity index (χ2v) is 6.59. The Morgan fingerprint density at radius 1 is 1.05 bits per heavy atom. The van der Waals surface area contributed by atoms with Gasteiger partial charge in [-0.15, -0.1) is 0 Å². The quantitative estimate of drug-likeness (QED) is 0.888. The van der Waals surface area contributed by atoms with Crippen molar-refractivity contribution < 1.29 is 18.3 Å². The van der Waals surface area contributed by atoms with Crippen LogP contribution in [0, 0.1) is 0 Å². The van der Waals surface area contributed by atoms with E-state index >= 15 is 0 Å². The molecule has 0 aliphatic rings. The zero-order valence-corrected chi connectivity index (χ0v) is 12.7. The van der Waals surface area contributed by atoms with Gasteiger partial charge in [-0.05, 0) is 42.5 Å². The molecule has 21 heavy (non-hydrogen) atoms. The summed E-state index contributed by atoms with van der Waals surface area (Å²) in [5.74, 6) is -1.13. The third-order valence-corrected chi connectivity index (χ3v) is 4.53. The summed E-state index contributed by atoms with van der Waals surface area (Å²) < 4.78 is 26.7. The lowest BCUT2D eigenvalue weighted by Gasteiger charge is -2.10. The lowest BCUT2D eigenvalue weighted by atomic mass is 10.2. The number of anilines is 1. The van der Waals surface area contributed by atoms with Crippen LogP contribution in [0.4, 0.5) is 5.69 Å². The van der Waals surface area contributed by atoms with Gasteiger partial charge >= 0.3 is 5.97 Å². The number of carboxylic acid groups (broad SMARTS) is 1. The molecule has 5 nitrogen and oxygen atoms in total. The van der Waals surface area contributed by atoms with Crippen molar-refractivity contribution in [2.24, 2.45) is 0 Å². The lowest BCUT2D eigenvalue weighted by molar-refractivity contribution is 0.0697. The Kier molecular flexibility index (Phi) is 4.41. The summed E-state index contributed by atoms with van der Waals surface area (Å²) >= 11 is 11.7. The Labute approximate surface area is 131 Å². The van der Waals surface area contributed by atoms with Gasteiger partial charge < -0.3 is 5.11 Å². The van der Waals surface area contributed by atoms with Gasteiger partial charge in [0.2, 0.25) is 0 Å². The van der Waals surface area contributed by atoms with Crippen LogP contribution in [0.15, 0.2) is 47.4 Å². The van der Waals surface area contributed by atoms with Gasteiger partial charge in [-0.1, -0.05) is 23.2 Å². The highest BCUT2D eigenvalue weighted by atomic mass is 35.5. The molecular formula is C13H9Cl2NO4S. The molecule has 0 fully saturated rings. The molecule has 2 N–H and O–H groups in total. The Morgan fingerprint density at radius 3 is 2.24 bits per heavy atom. The lowest BCUT2D eigenvalue weighted by Crippen LogP contribution is -2.13. The average Bonchev–Trinajstić information content (AvgIpc) is 2.43. The van der Waals surface area contributed by atoms with E-state index in [9.17, 15) is 13.2 Å². The van der Waals surface area contributed by atoms with E-state index in [1.54, 1.807) is 0 Å². The zero-order chi connectivity index (χ0) is 15.6. The maximum Gasteiger partial charge on any atom is 0.335 e. The van der Waals surface area contributed by atoms with Crippen LogP contribution < -0.4 is 4.72 Å². The van der Waals surface area contributed by atoms with Gasteiger partial charge in [0.1, 0.15) is 0 Å². The normalized spacial score (nSPS) is 11.1. The molecular weight excluding hydrogens is 337 g/mol. The largest absolute Gasteiger partial charge is 0.478 e. The van der Waals surface area contributed by atoms with E-state index < -0.39 is 16.0 Å². The van der Waals surface area contributed by atoms with Crippen molar-refractivity contribution in [1.82, 2.24) is 0 Å². The van der Waals surface area contributed by atoms with Crippen LogP contribution >= 0.6 is 23.2 Å². The summed E-state index contributed by atoms with van der Waals surface area (Å²) in [6.07, 6.45) is 0. The summed E-state index contributed by atoms with van der Waals surface area (Å²) in [4.78, 5) is 10.7. The number of nitrogens with one attached hydrogen (secondary N) is 1. The van der Waals surface area contributed by atoms with Gasteiger partial charge in [0, 0.05) is 5.02 Å². The highest BCUT2D eigenvalue weighted by Crippen LogP contribution is 2.27. The van der Waals surface area contributed by atoms with E-state index in [4.69, 9.17) is 28.3 Å². The predicted molar refractivity (Wildman–Crippen MR) is 80.7 cm³/mol. The molecule has 2 aromatic rings. The number of aromatic carboxylic acids is 1. The minimum absolute atomic E-state index is 0.00487. The average molecular weight is 346 g/mol. The number of carbonyl (C=O) groups is 1.